The van der Waals surface area contributed by atoms with Crippen molar-refractivity contribution in [3.63, 3.8) is 0 Å². The molecule has 21 heavy (non-hydrogen) atoms. The van der Waals surface area contributed by atoms with Crippen LogP contribution in [0.2, 0.25) is 0 Å². The van der Waals surface area contributed by atoms with Gasteiger partial charge in [-0.2, -0.15) is 0 Å². The van der Waals surface area contributed by atoms with Crippen LogP contribution in [0, 0.1) is 0 Å². The van der Waals surface area contributed by atoms with Gasteiger partial charge in [0.25, 0.3) is 0 Å². The molecule has 2 rings (SSSR count). The van der Waals surface area contributed by atoms with Crippen molar-refractivity contribution in [2.45, 2.75) is 32.7 Å². The van der Waals surface area contributed by atoms with Gasteiger partial charge in [0.05, 0.1) is 6.61 Å². The Kier molecular flexibility index (Phi) is 6.29. The zero-order chi connectivity index (χ0) is 14.9. The highest BCUT2D eigenvalue weighted by atomic mass is 16.5. The summed E-state index contributed by atoms with van der Waals surface area (Å²) in [6, 6.07) is 19.0. The maximum atomic E-state index is 5.59. The number of hydrogen-bond acceptors (Lipinski definition) is 2. The third kappa shape index (κ3) is 5.24. The van der Waals surface area contributed by atoms with Gasteiger partial charge in [-0.05, 0) is 35.6 Å². The zero-order valence-electron chi connectivity index (χ0n) is 13.0. The second-order valence-corrected chi connectivity index (χ2v) is 5.44. The molecule has 0 heterocycles. The van der Waals surface area contributed by atoms with E-state index in [0.29, 0.717) is 5.92 Å². The van der Waals surface area contributed by atoms with Gasteiger partial charge in [0, 0.05) is 13.1 Å². The average Bonchev–Trinajstić information content (AvgIpc) is 2.55. The van der Waals surface area contributed by atoms with E-state index >= 15 is 0 Å². The molecule has 0 aliphatic rings. The van der Waals surface area contributed by atoms with E-state index < -0.39 is 0 Å². The number of hydrogen-bond donors (Lipinski definition) is 1. The summed E-state index contributed by atoms with van der Waals surface area (Å²) in [5, 5.41) is 3.52. The normalized spacial score (nSPS) is 12.1. The third-order valence-corrected chi connectivity index (χ3v) is 3.54. The second-order valence-electron chi connectivity index (χ2n) is 5.44. The molecule has 1 N–H and O–H groups in total. The highest BCUT2D eigenvalue weighted by Gasteiger charge is 2.04. The first-order valence-corrected chi connectivity index (χ1v) is 7.77. The highest BCUT2D eigenvalue weighted by Crippen LogP contribution is 2.14. The van der Waals surface area contributed by atoms with Gasteiger partial charge in [-0.1, -0.05) is 56.3 Å². The number of rotatable bonds is 8. The van der Waals surface area contributed by atoms with Crippen LogP contribution in [0.3, 0.4) is 0 Å². The van der Waals surface area contributed by atoms with Crippen molar-refractivity contribution in [3.05, 3.63) is 65.7 Å². The van der Waals surface area contributed by atoms with E-state index in [1.807, 2.05) is 12.1 Å². The Bertz CT molecular complexity index is 507. The molecule has 112 valence electrons. The highest BCUT2D eigenvalue weighted by molar-refractivity contribution is 5.27. The zero-order valence-corrected chi connectivity index (χ0v) is 13.0. The molecule has 1 atom stereocenters. The van der Waals surface area contributed by atoms with Gasteiger partial charge in [-0.25, -0.2) is 0 Å². The molecule has 2 nitrogen and oxygen atoms in total. The van der Waals surface area contributed by atoms with Gasteiger partial charge in [0.15, 0.2) is 0 Å². The fourth-order valence-corrected chi connectivity index (χ4v) is 2.26. The first-order valence-electron chi connectivity index (χ1n) is 7.77. The van der Waals surface area contributed by atoms with Crippen molar-refractivity contribution in [2.24, 2.45) is 0 Å². The lowest BCUT2D eigenvalue weighted by Gasteiger charge is -2.13. The second kappa shape index (κ2) is 8.48. The summed E-state index contributed by atoms with van der Waals surface area (Å²) >= 11 is 0. The van der Waals surface area contributed by atoms with Crippen LogP contribution in [0.25, 0.3) is 0 Å². The van der Waals surface area contributed by atoms with E-state index in [1.54, 1.807) is 0 Å². The molecule has 0 radical (unpaired) electrons. The summed E-state index contributed by atoms with van der Waals surface area (Å²) in [6.07, 6.45) is 1.04. The van der Waals surface area contributed by atoms with Crippen molar-refractivity contribution in [1.29, 1.82) is 0 Å². The average molecular weight is 283 g/mol. The van der Waals surface area contributed by atoms with Crippen LogP contribution in [-0.2, 0) is 6.54 Å². The quantitative estimate of drug-likeness (QED) is 0.777. The van der Waals surface area contributed by atoms with Gasteiger partial charge in [-0.3, -0.25) is 0 Å². The minimum atomic E-state index is 0.526. The van der Waals surface area contributed by atoms with E-state index in [-0.39, 0.29) is 0 Å². The number of benzene rings is 2. The van der Waals surface area contributed by atoms with Gasteiger partial charge in [-0.15, -0.1) is 0 Å². The van der Waals surface area contributed by atoms with E-state index in [4.69, 9.17) is 4.74 Å². The van der Waals surface area contributed by atoms with Crippen molar-refractivity contribution in [1.82, 2.24) is 5.32 Å². The Labute approximate surface area is 128 Å². The molecule has 1 unspecified atom stereocenters. The molecular formula is C19H25NO. The fraction of sp³-hybridized carbons (Fsp3) is 0.368. The summed E-state index contributed by atoms with van der Waals surface area (Å²) in [6.45, 7) is 7.03. The maximum absolute atomic E-state index is 5.59. The molecule has 0 aliphatic heterocycles. The summed E-state index contributed by atoms with van der Waals surface area (Å²) in [7, 11) is 0. The number of ether oxygens (including phenoxy) is 1. The molecule has 0 spiro atoms. The minimum Gasteiger partial charge on any atom is -0.494 e. The van der Waals surface area contributed by atoms with Gasteiger partial charge in [0.1, 0.15) is 5.75 Å². The Hall–Kier alpha value is -1.80. The summed E-state index contributed by atoms with van der Waals surface area (Å²) < 4.78 is 5.59. The van der Waals surface area contributed by atoms with Gasteiger partial charge < -0.3 is 10.1 Å². The first-order chi connectivity index (χ1) is 10.3. The van der Waals surface area contributed by atoms with Crippen molar-refractivity contribution in [3.8, 4) is 5.75 Å². The predicted octanol–water partition coefficient (Wildman–Crippen LogP) is 4.37. The SMILES string of the molecule is CCCOc1ccc(CNCC(C)c2ccccc2)cc1. The summed E-state index contributed by atoms with van der Waals surface area (Å²) in [4.78, 5) is 0. The van der Waals surface area contributed by atoms with E-state index in [2.05, 4.69) is 61.6 Å². The molecule has 0 bridgehead atoms. The molecule has 0 fully saturated rings. The Balaban J connectivity index is 1.75. The van der Waals surface area contributed by atoms with E-state index in [1.165, 1.54) is 11.1 Å². The Morgan fingerprint density at radius 2 is 1.71 bits per heavy atom. The molecular weight excluding hydrogens is 258 g/mol. The van der Waals surface area contributed by atoms with Gasteiger partial charge >= 0.3 is 0 Å². The molecule has 0 amide bonds. The van der Waals surface area contributed by atoms with Crippen molar-refractivity contribution in [2.75, 3.05) is 13.2 Å². The fourth-order valence-electron chi connectivity index (χ4n) is 2.26. The van der Waals surface area contributed by atoms with Crippen molar-refractivity contribution >= 4 is 0 Å². The molecule has 0 saturated carbocycles. The topological polar surface area (TPSA) is 21.3 Å². The van der Waals surface area contributed by atoms with Crippen LogP contribution in [0.1, 0.15) is 37.3 Å². The molecule has 2 heteroatoms. The third-order valence-electron chi connectivity index (χ3n) is 3.54. The Morgan fingerprint density at radius 1 is 1.00 bits per heavy atom. The monoisotopic (exact) mass is 283 g/mol. The minimum absolute atomic E-state index is 0.526. The maximum Gasteiger partial charge on any atom is 0.119 e. The van der Waals surface area contributed by atoms with Gasteiger partial charge in [0.2, 0.25) is 0 Å². The van der Waals surface area contributed by atoms with Crippen LogP contribution >= 0.6 is 0 Å². The molecule has 0 aliphatic carbocycles. The molecule has 2 aromatic rings. The van der Waals surface area contributed by atoms with Crippen LogP contribution < -0.4 is 10.1 Å². The summed E-state index contributed by atoms with van der Waals surface area (Å²) in [5.74, 6) is 1.48. The van der Waals surface area contributed by atoms with Crippen molar-refractivity contribution < 1.29 is 4.74 Å². The smallest absolute Gasteiger partial charge is 0.119 e. The molecule has 0 saturated heterocycles. The van der Waals surface area contributed by atoms with E-state index in [9.17, 15) is 0 Å². The lowest BCUT2D eigenvalue weighted by molar-refractivity contribution is 0.317. The van der Waals surface area contributed by atoms with Crippen LogP contribution in [-0.4, -0.2) is 13.2 Å². The molecule has 0 aromatic heterocycles. The largest absolute Gasteiger partial charge is 0.494 e. The van der Waals surface area contributed by atoms with E-state index in [0.717, 1.165) is 31.9 Å². The molecule has 2 aromatic carbocycles. The summed E-state index contributed by atoms with van der Waals surface area (Å²) in [5.41, 5.74) is 2.67. The van der Waals surface area contributed by atoms with Crippen LogP contribution in [0.15, 0.2) is 54.6 Å². The van der Waals surface area contributed by atoms with Crippen LogP contribution in [0.5, 0.6) is 5.75 Å². The lowest BCUT2D eigenvalue weighted by atomic mass is 10.0. The standard InChI is InChI=1S/C19H25NO/c1-3-13-21-19-11-9-17(10-12-19)15-20-14-16(2)18-7-5-4-6-8-18/h4-12,16,20H,3,13-15H2,1-2H3. The number of nitrogens with one attached hydrogen (secondary N) is 1. The first kappa shape index (κ1) is 15.6. The predicted molar refractivity (Wildman–Crippen MR) is 88.8 cm³/mol. The lowest BCUT2D eigenvalue weighted by Crippen LogP contribution is -2.19. The Morgan fingerprint density at radius 3 is 2.38 bits per heavy atom. The van der Waals surface area contributed by atoms with Crippen LogP contribution in [0.4, 0.5) is 0 Å².